The van der Waals surface area contributed by atoms with E-state index in [1.54, 1.807) is 19.2 Å². The number of rotatable bonds is 5. The van der Waals surface area contributed by atoms with Crippen molar-refractivity contribution in [2.24, 2.45) is 5.92 Å². The molecule has 1 aliphatic rings. The largest absolute Gasteiger partial charge is 0.496 e. The Hall–Kier alpha value is -1.75. The third kappa shape index (κ3) is 3.98. The topological polar surface area (TPSA) is 38.8 Å². The fourth-order valence-electron chi connectivity index (χ4n) is 3.57. The summed E-state index contributed by atoms with van der Waals surface area (Å²) in [6.45, 7) is 2.10. The molecular weight excluding hydrogens is 373 g/mol. The minimum Gasteiger partial charge on any atom is -0.496 e. The van der Waals surface area contributed by atoms with Gasteiger partial charge in [0.1, 0.15) is 5.75 Å². The molecule has 0 aromatic heterocycles. The summed E-state index contributed by atoms with van der Waals surface area (Å²) in [6, 6.07) is 13.7. The molecule has 0 aliphatic carbocycles. The van der Waals surface area contributed by atoms with Crippen molar-refractivity contribution in [1.82, 2.24) is 4.90 Å². The number of carbonyl (C=O) groups excluding carboxylic acids is 1. The van der Waals surface area contributed by atoms with Gasteiger partial charge in [0.05, 0.1) is 30.2 Å². The summed E-state index contributed by atoms with van der Waals surface area (Å²) in [7, 11) is 3.01. The molecule has 1 saturated heterocycles. The van der Waals surface area contributed by atoms with Gasteiger partial charge in [-0.1, -0.05) is 53.5 Å². The molecule has 1 fully saturated rings. The van der Waals surface area contributed by atoms with E-state index in [0.717, 1.165) is 12.1 Å². The van der Waals surface area contributed by atoms with E-state index in [1.165, 1.54) is 12.7 Å². The lowest BCUT2D eigenvalue weighted by atomic mass is 9.88. The van der Waals surface area contributed by atoms with Crippen molar-refractivity contribution in [2.45, 2.75) is 12.5 Å². The van der Waals surface area contributed by atoms with Crippen LogP contribution in [0, 0.1) is 5.92 Å². The number of likely N-dealkylation sites (tertiary alicyclic amines) is 1. The van der Waals surface area contributed by atoms with Gasteiger partial charge in [-0.3, -0.25) is 9.69 Å². The van der Waals surface area contributed by atoms with Gasteiger partial charge in [0, 0.05) is 37.2 Å². The first-order chi connectivity index (χ1) is 12.5. The second kappa shape index (κ2) is 8.30. The molecule has 3 rings (SSSR count). The lowest BCUT2D eigenvalue weighted by Gasteiger charge is -2.20. The molecule has 0 N–H and O–H groups in total. The number of esters is 1. The van der Waals surface area contributed by atoms with Gasteiger partial charge < -0.3 is 9.47 Å². The number of ether oxygens (including phenoxy) is 2. The number of benzene rings is 2. The summed E-state index contributed by atoms with van der Waals surface area (Å²) in [4.78, 5) is 14.7. The molecule has 0 unspecified atom stereocenters. The zero-order valence-corrected chi connectivity index (χ0v) is 16.3. The molecule has 1 aliphatic heterocycles. The van der Waals surface area contributed by atoms with Crippen LogP contribution in [0.25, 0.3) is 0 Å². The first-order valence-corrected chi connectivity index (χ1v) is 9.16. The van der Waals surface area contributed by atoms with E-state index in [1.807, 2.05) is 18.2 Å². The van der Waals surface area contributed by atoms with Gasteiger partial charge in [-0.05, 0) is 11.6 Å². The van der Waals surface area contributed by atoms with E-state index in [2.05, 4.69) is 17.0 Å². The molecule has 0 spiro atoms. The Balaban J connectivity index is 1.91. The van der Waals surface area contributed by atoms with Gasteiger partial charge in [-0.2, -0.15) is 0 Å². The zero-order chi connectivity index (χ0) is 18.7. The number of hydrogen-bond acceptors (Lipinski definition) is 4. The zero-order valence-electron chi connectivity index (χ0n) is 14.7. The molecule has 1 heterocycles. The predicted octanol–water partition coefficient (Wildman–Crippen LogP) is 4.39. The van der Waals surface area contributed by atoms with Crippen molar-refractivity contribution in [3.8, 4) is 5.75 Å². The fourth-order valence-corrected chi connectivity index (χ4v) is 3.90. The fraction of sp³-hybridized carbons (Fsp3) is 0.350. The van der Waals surface area contributed by atoms with Crippen LogP contribution < -0.4 is 4.74 Å². The minimum atomic E-state index is -0.283. The van der Waals surface area contributed by atoms with Crippen LogP contribution in [0.3, 0.4) is 0 Å². The monoisotopic (exact) mass is 393 g/mol. The van der Waals surface area contributed by atoms with Crippen LogP contribution in [0.15, 0.2) is 42.5 Å². The first kappa shape index (κ1) is 19.0. The lowest BCUT2D eigenvalue weighted by molar-refractivity contribution is -0.145. The molecule has 2 aromatic rings. The average Bonchev–Trinajstić information content (AvgIpc) is 3.07. The number of carbonyl (C=O) groups is 1. The van der Waals surface area contributed by atoms with Crippen LogP contribution in [0.2, 0.25) is 10.0 Å². The van der Waals surface area contributed by atoms with Crippen LogP contribution in [0.1, 0.15) is 17.0 Å². The number of nitrogens with zero attached hydrogens (tertiary/aromatic N) is 1. The Morgan fingerprint density at radius 1 is 1.12 bits per heavy atom. The van der Waals surface area contributed by atoms with Gasteiger partial charge in [-0.25, -0.2) is 0 Å². The molecule has 0 saturated carbocycles. The third-order valence-corrected chi connectivity index (χ3v) is 5.54. The molecule has 0 bridgehead atoms. The normalized spacial score (nSPS) is 20.2. The van der Waals surface area contributed by atoms with Crippen LogP contribution in [0.5, 0.6) is 5.75 Å². The summed E-state index contributed by atoms with van der Waals surface area (Å²) in [5.74, 6) is 0.0595. The molecular formula is C20H21Cl2NO3. The summed E-state index contributed by atoms with van der Waals surface area (Å²) in [5, 5.41) is 0.883. The van der Waals surface area contributed by atoms with E-state index < -0.39 is 0 Å². The van der Waals surface area contributed by atoms with Gasteiger partial charge in [0.15, 0.2) is 0 Å². The van der Waals surface area contributed by atoms with Crippen molar-refractivity contribution in [3.05, 3.63) is 63.6 Å². The molecule has 2 atom stereocenters. The summed E-state index contributed by atoms with van der Waals surface area (Å²) >= 11 is 12.4. The average molecular weight is 394 g/mol. The Kier molecular flexibility index (Phi) is 6.07. The van der Waals surface area contributed by atoms with E-state index in [4.69, 9.17) is 32.7 Å². The van der Waals surface area contributed by atoms with Gasteiger partial charge in [0.25, 0.3) is 0 Å². The maximum atomic E-state index is 12.4. The second-order valence-electron chi connectivity index (χ2n) is 6.42. The summed E-state index contributed by atoms with van der Waals surface area (Å²) in [5.41, 5.74) is 2.09. The summed E-state index contributed by atoms with van der Waals surface area (Å²) < 4.78 is 10.5. The second-order valence-corrected chi connectivity index (χ2v) is 7.24. The smallest absolute Gasteiger partial charge is 0.310 e. The molecule has 0 amide bonds. The highest BCUT2D eigenvalue weighted by Gasteiger charge is 2.40. The maximum absolute atomic E-state index is 12.4. The molecule has 6 heteroatoms. The van der Waals surface area contributed by atoms with Gasteiger partial charge >= 0.3 is 5.97 Å². The standard InChI is InChI=1S/C20H21Cl2NO3/c1-25-19-9-18(22)17(21)8-14(19)15-11-23(12-16(15)20(24)26-2)10-13-6-4-3-5-7-13/h3-9,15-16H,10-12H2,1-2H3/t15-,16+/m0/s1. The highest BCUT2D eigenvalue weighted by atomic mass is 35.5. The Labute approximate surface area is 163 Å². The van der Waals surface area contributed by atoms with Crippen molar-refractivity contribution in [3.63, 3.8) is 0 Å². The molecule has 138 valence electrons. The van der Waals surface area contributed by atoms with E-state index in [0.29, 0.717) is 28.9 Å². The molecule has 2 aromatic carbocycles. The number of halogens is 2. The van der Waals surface area contributed by atoms with Gasteiger partial charge in [-0.15, -0.1) is 0 Å². The SMILES string of the molecule is COC(=O)[C@@H]1CN(Cc2ccccc2)C[C@H]1c1cc(Cl)c(Cl)cc1OC. The quantitative estimate of drug-likeness (QED) is 0.706. The first-order valence-electron chi connectivity index (χ1n) is 8.40. The van der Waals surface area contributed by atoms with E-state index in [9.17, 15) is 4.79 Å². The minimum absolute atomic E-state index is 0.0733. The molecule has 4 nitrogen and oxygen atoms in total. The maximum Gasteiger partial charge on any atom is 0.310 e. The number of methoxy groups -OCH3 is 2. The Morgan fingerprint density at radius 2 is 1.81 bits per heavy atom. The Bertz CT molecular complexity index is 782. The predicted molar refractivity (Wildman–Crippen MR) is 103 cm³/mol. The lowest BCUT2D eigenvalue weighted by Crippen LogP contribution is -2.24. The number of hydrogen-bond donors (Lipinski definition) is 0. The molecule has 0 radical (unpaired) electrons. The van der Waals surface area contributed by atoms with Crippen molar-refractivity contribution < 1.29 is 14.3 Å². The van der Waals surface area contributed by atoms with Gasteiger partial charge in [0.2, 0.25) is 0 Å². The van der Waals surface area contributed by atoms with Crippen LogP contribution in [-0.2, 0) is 16.1 Å². The van der Waals surface area contributed by atoms with Crippen LogP contribution in [0.4, 0.5) is 0 Å². The van der Waals surface area contributed by atoms with Crippen LogP contribution >= 0.6 is 23.2 Å². The van der Waals surface area contributed by atoms with E-state index >= 15 is 0 Å². The third-order valence-electron chi connectivity index (χ3n) is 4.82. The van der Waals surface area contributed by atoms with Crippen molar-refractivity contribution >= 4 is 29.2 Å². The van der Waals surface area contributed by atoms with Crippen molar-refractivity contribution in [1.29, 1.82) is 0 Å². The highest BCUT2D eigenvalue weighted by Crippen LogP contribution is 2.41. The van der Waals surface area contributed by atoms with E-state index in [-0.39, 0.29) is 17.8 Å². The van der Waals surface area contributed by atoms with Crippen molar-refractivity contribution in [2.75, 3.05) is 27.3 Å². The highest BCUT2D eigenvalue weighted by molar-refractivity contribution is 6.42. The van der Waals surface area contributed by atoms with Crippen LogP contribution in [-0.4, -0.2) is 38.2 Å². The Morgan fingerprint density at radius 3 is 2.46 bits per heavy atom. The molecule has 26 heavy (non-hydrogen) atoms. The summed E-state index contributed by atoms with van der Waals surface area (Å²) in [6.07, 6.45) is 0.